The normalized spacial score (nSPS) is 62.1. The van der Waals surface area contributed by atoms with Gasteiger partial charge in [0.05, 0.1) is 5.60 Å². The Balaban J connectivity index is 1.62. The van der Waals surface area contributed by atoms with E-state index in [-0.39, 0.29) is 23.7 Å². The molecule has 0 aliphatic heterocycles. The van der Waals surface area contributed by atoms with E-state index in [1.165, 1.54) is 0 Å². The second-order valence-electron chi connectivity index (χ2n) is 7.69. The van der Waals surface area contributed by atoms with Gasteiger partial charge >= 0.3 is 0 Å². The predicted molar refractivity (Wildman–Crippen MR) is 67.8 cm³/mol. The molecule has 6 rings (SSSR count). The Morgan fingerprint density at radius 3 is 2.30 bits per heavy atom. The molecule has 3 heteroatoms. The van der Waals surface area contributed by atoms with Gasteiger partial charge in [0.25, 0.3) is 5.92 Å². The number of aliphatic hydroxyl groups is 1. The van der Waals surface area contributed by atoms with Gasteiger partial charge in [-0.2, -0.15) is 0 Å². The first-order valence-corrected chi connectivity index (χ1v) is 7.73. The van der Waals surface area contributed by atoms with Crippen molar-refractivity contribution in [2.75, 3.05) is 0 Å². The van der Waals surface area contributed by atoms with Crippen LogP contribution < -0.4 is 0 Å². The molecule has 5 aliphatic rings. The van der Waals surface area contributed by atoms with Crippen molar-refractivity contribution in [1.29, 1.82) is 0 Å². The number of fused-ring (bicyclic) bond motifs is 2. The molecule has 0 saturated heterocycles. The zero-order valence-corrected chi connectivity index (χ0v) is 10.9. The summed E-state index contributed by atoms with van der Waals surface area (Å²) in [6.07, 6.45) is 0.947. The van der Waals surface area contributed by atoms with Crippen LogP contribution in [0.4, 0.5) is 8.78 Å². The molecule has 5 aliphatic carbocycles. The van der Waals surface area contributed by atoms with E-state index in [0.717, 1.165) is 12.0 Å². The minimum absolute atomic E-state index is 0.191. The van der Waals surface area contributed by atoms with Crippen LogP contribution in [0.5, 0.6) is 0 Å². The summed E-state index contributed by atoms with van der Waals surface area (Å²) in [6, 6.07) is 9.62. The second kappa shape index (κ2) is 2.70. The van der Waals surface area contributed by atoms with Crippen molar-refractivity contribution in [3.63, 3.8) is 0 Å². The van der Waals surface area contributed by atoms with Crippen molar-refractivity contribution in [3.8, 4) is 0 Å². The van der Waals surface area contributed by atoms with Crippen LogP contribution in [-0.4, -0.2) is 11.0 Å². The topological polar surface area (TPSA) is 20.2 Å². The highest BCUT2D eigenvalue weighted by molar-refractivity contribution is 5.41. The summed E-state index contributed by atoms with van der Waals surface area (Å²) < 4.78 is 29.3. The van der Waals surface area contributed by atoms with Crippen LogP contribution in [0.3, 0.4) is 0 Å². The molecule has 1 N–H and O–H groups in total. The first kappa shape index (κ1) is 10.7. The lowest BCUT2D eigenvalue weighted by Gasteiger charge is -2.54. The molecule has 5 saturated carbocycles. The third-order valence-electron chi connectivity index (χ3n) is 7.64. The first-order chi connectivity index (χ1) is 9.58. The molecule has 5 fully saturated rings. The number of benzene rings is 1. The molecule has 0 radical (unpaired) electrons. The summed E-state index contributed by atoms with van der Waals surface area (Å²) in [7, 11) is 0. The number of hydrogen-bond donors (Lipinski definition) is 1. The lowest BCUT2D eigenvalue weighted by Crippen LogP contribution is -2.59. The largest absolute Gasteiger partial charge is 0.385 e. The molecular formula is C17H16F2O. The Hall–Kier alpha value is -0.960. The third kappa shape index (κ3) is 0.739. The van der Waals surface area contributed by atoms with Crippen molar-refractivity contribution in [2.24, 2.45) is 47.3 Å². The number of rotatable bonds is 1. The predicted octanol–water partition coefficient (Wildman–Crippen LogP) is 2.90. The standard InChI is InChI=1S/C17H16F2O/c18-17(19)13-9-6-8-10-11(9)15(17)14(10)16(20,12(8)13)7-4-2-1-3-5-7/h1-5,8-15,20H,6H2/t8-,9-,10+,11+,12+,13+,14+,15-,16-/m0/s1. The summed E-state index contributed by atoms with van der Waals surface area (Å²) in [5.41, 5.74) is -0.0935. The Labute approximate surface area is 116 Å². The van der Waals surface area contributed by atoms with Crippen molar-refractivity contribution in [2.45, 2.75) is 17.9 Å². The number of alkyl halides is 2. The highest BCUT2D eigenvalue weighted by Crippen LogP contribution is 2.89. The minimum Gasteiger partial charge on any atom is -0.385 e. The minimum atomic E-state index is -2.52. The Morgan fingerprint density at radius 2 is 1.55 bits per heavy atom. The van der Waals surface area contributed by atoms with Gasteiger partial charge in [-0.05, 0) is 35.7 Å². The van der Waals surface area contributed by atoms with Crippen molar-refractivity contribution >= 4 is 0 Å². The number of halogens is 2. The van der Waals surface area contributed by atoms with E-state index in [2.05, 4.69) is 0 Å². The van der Waals surface area contributed by atoms with Gasteiger partial charge < -0.3 is 5.11 Å². The fourth-order valence-corrected chi connectivity index (χ4v) is 7.57. The van der Waals surface area contributed by atoms with Crippen LogP contribution in [0, 0.1) is 47.3 Å². The maximum absolute atomic E-state index is 14.6. The summed E-state index contributed by atoms with van der Waals surface area (Å²) in [5, 5.41) is 11.4. The van der Waals surface area contributed by atoms with E-state index in [9.17, 15) is 13.9 Å². The van der Waals surface area contributed by atoms with E-state index < -0.39 is 23.4 Å². The van der Waals surface area contributed by atoms with Crippen LogP contribution >= 0.6 is 0 Å². The first-order valence-electron chi connectivity index (χ1n) is 7.73. The fraction of sp³-hybridized carbons (Fsp3) is 0.647. The molecule has 0 amide bonds. The van der Waals surface area contributed by atoms with Gasteiger partial charge in [-0.15, -0.1) is 0 Å². The monoisotopic (exact) mass is 274 g/mol. The lowest BCUT2D eigenvalue weighted by molar-refractivity contribution is -0.238. The van der Waals surface area contributed by atoms with Crippen LogP contribution in [-0.2, 0) is 5.60 Å². The van der Waals surface area contributed by atoms with Gasteiger partial charge in [0.2, 0.25) is 0 Å². The maximum Gasteiger partial charge on any atom is 0.255 e. The van der Waals surface area contributed by atoms with Crippen LogP contribution in [0.2, 0.25) is 0 Å². The van der Waals surface area contributed by atoms with Gasteiger partial charge in [0.1, 0.15) is 0 Å². The Bertz CT molecular complexity index is 629. The molecule has 2 bridgehead atoms. The molecule has 1 nitrogen and oxygen atoms in total. The van der Waals surface area contributed by atoms with Gasteiger partial charge in [0.15, 0.2) is 0 Å². The molecule has 0 aromatic heterocycles. The van der Waals surface area contributed by atoms with Gasteiger partial charge in [-0.1, -0.05) is 30.3 Å². The zero-order valence-electron chi connectivity index (χ0n) is 10.9. The van der Waals surface area contributed by atoms with Crippen LogP contribution in [0.1, 0.15) is 12.0 Å². The molecule has 0 unspecified atom stereocenters. The quantitative estimate of drug-likeness (QED) is 0.835. The summed E-state index contributed by atoms with van der Waals surface area (Å²) in [6.45, 7) is 0. The fourth-order valence-electron chi connectivity index (χ4n) is 7.57. The maximum atomic E-state index is 14.6. The third-order valence-corrected chi connectivity index (χ3v) is 7.64. The van der Waals surface area contributed by atoms with E-state index >= 15 is 0 Å². The van der Waals surface area contributed by atoms with Crippen molar-refractivity contribution in [1.82, 2.24) is 0 Å². The lowest BCUT2D eigenvalue weighted by atomic mass is 9.54. The molecule has 20 heavy (non-hydrogen) atoms. The summed E-state index contributed by atoms with van der Waals surface area (Å²) >= 11 is 0. The van der Waals surface area contributed by atoms with Gasteiger partial charge in [0, 0.05) is 23.7 Å². The summed E-state index contributed by atoms with van der Waals surface area (Å²) in [4.78, 5) is 0. The van der Waals surface area contributed by atoms with Gasteiger partial charge in [-0.3, -0.25) is 0 Å². The summed E-state index contributed by atoms with van der Waals surface area (Å²) in [5.74, 6) is -2.85. The Kier molecular flexibility index (Phi) is 1.45. The van der Waals surface area contributed by atoms with E-state index in [4.69, 9.17) is 0 Å². The molecule has 104 valence electrons. The zero-order chi connectivity index (χ0) is 13.4. The van der Waals surface area contributed by atoms with Crippen molar-refractivity contribution < 1.29 is 13.9 Å². The second-order valence-corrected chi connectivity index (χ2v) is 7.69. The molecule has 0 spiro atoms. The smallest absolute Gasteiger partial charge is 0.255 e. The molecule has 9 atom stereocenters. The van der Waals surface area contributed by atoms with E-state index in [1.807, 2.05) is 30.3 Å². The molecule has 0 heterocycles. The van der Waals surface area contributed by atoms with E-state index in [0.29, 0.717) is 11.8 Å². The van der Waals surface area contributed by atoms with Crippen LogP contribution in [0.25, 0.3) is 0 Å². The molecule has 1 aromatic rings. The molecular weight excluding hydrogens is 258 g/mol. The Morgan fingerprint density at radius 1 is 0.900 bits per heavy atom. The highest BCUT2D eigenvalue weighted by Gasteiger charge is 2.92. The highest BCUT2D eigenvalue weighted by atomic mass is 19.3. The van der Waals surface area contributed by atoms with Crippen LogP contribution in [0.15, 0.2) is 30.3 Å². The number of hydrogen-bond acceptors (Lipinski definition) is 1. The van der Waals surface area contributed by atoms with Crippen molar-refractivity contribution in [3.05, 3.63) is 35.9 Å². The van der Waals surface area contributed by atoms with E-state index in [1.54, 1.807) is 0 Å². The average molecular weight is 274 g/mol. The van der Waals surface area contributed by atoms with Gasteiger partial charge in [-0.25, -0.2) is 8.78 Å². The SMILES string of the molecule is O[C@@]1(c2ccccc2)[C@@H]2[C@H]3C[C@H]4[C@@H]5[C@@H]3[C@@H]1[C@H]5C(F)(F)[C@H]42. The average Bonchev–Trinajstić information content (AvgIpc) is 2.91. The molecule has 1 aromatic carbocycles.